The van der Waals surface area contributed by atoms with Crippen molar-refractivity contribution in [3.8, 4) is 0 Å². The molecule has 0 aliphatic rings. The molecule has 0 fully saturated rings. The molecule has 5 nitrogen and oxygen atoms in total. The summed E-state index contributed by atoms with van der Waals surface area (Å²) >= 11 is 6.25. The lowest BCUT2D eigenvalue weighted by Crippen LogP contribution is -2.28. The maximum atomic E-state index is 6.25. The lowest BCUT2D eigenvalue weighted by molar-refractivity contribution is 0.109. The molecule has 110 valence electrons. The van der Waals surface area contributed by atoms with Crippen molar-refractivity contribution in [1.29, 1.82) is 0 Å². The predicted octanol–water partition coefficient (Wildman–Crippen LogP) is 2.26. The number of rotatable bonds is 10. The second-order valence-corrected chi connectivity index (χ2v) is 4.69. The predicted molar refractivity (Wildman–Crippen MR) is 76.6 cm³/mol. The number of aromatic nitrogens is 2. The van der Waals surface area contributed by atoms with E-state index in [0.29, 0.717) is 24.8 Å². The van der Waals surface area contributed by atoms with E-state index in [4.69, 9.17) is 21.1 Å². The van der Waals surface area contributed by atoms with Gasteiger partial charge in [0.15, 0.2) is 0 Å². The van der Waals surface area contributed by atoms with E-state index in [1.54, 1.807) is 13.3 Å². The molecular formula is C13H24ClN3O2. The highest BCUT2D eigenvalue weighted by molar-refractivity contribution is 6.31. The molecule has 0 aliphatic heterocycles. The van der Waals surface area contributed by atoms with Gasteiger partial charge in [-0.25, -0.2) is 0 Å². The Labute approximate surface area is 120 Å². The van der Waals surface area contributed by atoms with Gasteiger partial charge in [0.05, 0.1) is 42.7 Å². The number of hydrogen-bond acceptors (Lipinski definition) is 4. The summed E-state index contributed by atoms with van der Waals surface area (Å²) < 4.78 is 12.6. The molecule has 0 aliphatic carbocycles. The van der Waals surface area contributed by atoms with Crippen molar-refractivity contribution in [2.75, 3.05) is 33.5 Å². The molecule has 1 heterocycles. The fourth-order valence-corrected chi connectivity index (χ4v) is 2.17. The highest BCUT2D eigenvalue weighted by Crippen LogP contribution is 2.23. The van der Waals surface area contributed by atoms with Crippen LogP contribution >= 0.6 is 11.6 Å². The van der Waals surface area contributed by atoms with Crippen LogP contribution in [0.15, 0.2) is 6.20 Å². The molecule has 6 heteroatoms. The maximum absolute atomic E-state index is 6.25. The molecule has 1 atom stereocenters. The summed E-state index contributed by atoms with van der Waals surface area (Å²) in [6.07, 6.45) is 2.69. The highest BCUT2D eigenvalue weighted by atomic mass is 35.5. The average Bonchev–Trinajstić information content (AvgIpc) is 2.77. The van der Waals surface area contributed by atoms with Crippen molar-refractivity contribution in [3.05, 3.63) is 16.9 Å². The normalized spacial score (nSPS) is 12.8. The van der Waals surface area contributed by atoms with Crippen molar-refractivity contribution in [2.24, 2.45) is 0 Å². The maximum Gasteiger partial charge on any atom is 0.0835 e. The monoisotopic (exact) mass is 289 g/mol. The van der Waals surface area contributed by atoms with Crippen LogP contribution in [0.5, 0.6) is 0 Å². The molecule has 0 saturated heterocycles. The first-order chi connectivity index (χ1) is 9.24. The topological polar surface area (TPSA) is 48.3 Å². The number of hydrogen-bond donors (Lipinski definition) is 1. The summed E-state index contributed by atoms with van der Waals surface area (Å²) in [6, 6.07) is 0.0587. The van der Waals surface area contributed by atoms with Gasteiger partial charge in [-0.15, -0.1) is 0 Å². The number of nitrogens with zero attached hydrogens (tertiary/aromatic N) is 2. The van der Waals surface area contributed by atoms with Crippen molar-refractivity contribution < 1.29 is 9.47 Å². The quantitative estimate of drug-likeness (QED) is 0.671. The molecule has 1 N–H and O–H groups in total. The van der Waals surface area contributed by atoms with Crippen molar-refractivity contribution in [2.45, 2.75) is 32.9 Å². The van der Waals surface area contributed by atoms with Crippen LogP contribution in [0.25, 0.3) is 0 Å². The van der Waals surface area contributed by atoms with Crippen LogP contribution < -0.4 is 5.32 Å². The van der Waals surface area contributed by atoms with E-state index in [0.717, 1.165) is 25.3 Å². The Morgan fingerprint density at radius 2 is 2.21 bits per heavy atom. The number of halogens is 1. The van der Waals surface area contributed by atoms with Crippen LogP contribution in [0, 0.1) is 0 Å². The third-order valence-electron chi connectivity index (χ3n) is 2.75. The molecule has 0 radical (unpaired) electrons. The van der Waals surface area contributed by atoms with Gasteiger partial charge in [0, 0.05) is 13.7 Å². The van der Waals surface area contributed by atoms with Crippen molar-refractivity contribution in [3.63, 3.8) is 0 Å². The van der Waals surface area contributed by atoms with E-state index in [2.05, 4.69) is 24.3 Å². The van der Waals surface area contributed by atoms with E-state index in [1.807, 2.05) is 4.68 Å². The number of methoxy groups -OCH3 is 1. The van der Waals surface area contributed by atoms with Gasteiger partial charge >= 0.3 is 0 Å². The summed E-state index contributed by atoms with van der Waals surface area (Å²) in [5, 5.41) is 8.35. The Bertz CT molecular complexity index is 358. The molecule has 1 unspecified atom stereocenters. The summed E-state index contributed by atoms with van der Waals surface area (Å²) in [5.41, 5.74) is 0.969. The molecular weight excluding hydrogens is 266 g/mol. The van der Waals surface area contributed by atoms with Crippen LogP contribution in [0.1, 0.15) is 32.0 Å². The zero-order valence-electron chi connectivity index (χ0n) is 12.0. The minimum absolute atomic E-state index is 0.0587. The van der Waals surface area contributed by atoms with Gasteiger partial charge < -0.3 is 14.8 Å². The van der Waals surface area contributed by atoms with Crippen molar-refractivity contribution >= 4 is 11.6 Å². The van der Waals surface area contributed by atoms with Gasteiger partial charge in [-0.1, -0.05) is 25.4 Å². The van der Waals surface area contributed by atoms with Gasteiger partial charge in [-0.3, -0.25) is 4.68 Å². The van der Waals surface area contributed by atoms with Gasteiger partial charge in [-0.05, 0) is 13.0 Å². The summed E-state index contributed by atoms with van der Waals surface area (Å²) in [5.74, 6) is 0. The fourth-order valence-electron chi connectivity index (χ4n) is 1.90. The zero-order chi connectivity index (χ0) is 14.1. The lowest BCUT2D eigenvalue weighted by Gasteiger charge is -2.20. The number of ether oxygens (including phenoxy) is 2. The molecule has 0 saturated carbocycles. The van der Waals surface area contributed by atoms with E-state index in [1.165, 1.54) is 0 Å². The van der Waals surface area contributed by atoms with Gasteiger partial charge in [-0.2, -0.15) is 5.10 Å². The molecule has 1 rings (SSSR count). The molecule has 0 spiro atoms. The molecule has 0 aromatic carbocycles. The van der Waals surface area contributed by atoms with Crippen LogP contribution in [0.4, 0.5) is 0 Å². The standard InChI is InChI=1S/C13H24ClN3O2/c1-4-7-19-10-12(15-5-2)13-11(14)9-16-17(13)6-8-18-3/h9,12,15H,4-8,10H2,1-3H3. The first-order valence-electron chi connectivity index (χ1n) is 6.75. The second-order valence-electron chi connectivity index (χ2n) is 4.28. The first-order valence-corrected chi connectivity index (χ1v) is 7.13. The Morgan fingerprint density at radius 1 is 1.42 bits per heavy atom. The van der Waals surface area contributed by atoms with Gasteiger partial charge in [0.2, 0.25) is 0 Å². The number of likely N-dealkylation sites (N-methyl/N-ethyl adjacent to an activating group) is 1. The minimum atomic E-state index is 0.0587. The molecule has 1 aromatic heterocycles. The van der Waals surface area contributed by atoms with E-state index in [9.17, 15) is 0 Å². The average molecular weight is 290 g/mol. The van der Waals surface area contributed by atoms with Crippen LogP contribution in [0.3, 0.4) is 0 Å². The summed E-state index contributed by atoms with van der Waals surface area (Å²) in [6.45, 7) is 7.67. The van der Waals surface area contributed by atoms with Crippen LogP contribution in [-0.4, -0.2) is 43.3 Å². The van der Waals surface area contributed by atoms with Gasteiger partial charge in [0.25, 0.3) is 0 Å². The Hall–Kier alpha value is -0.620. The summed E-state index contributed by atoms with van der Waals surface area (Å²) in [7, 11) is 1.68. The third kappa shape index (κ3) is 5.10. The number of nitrogens with one attached hydrogen (secondary N) is 1. The van der Waals surface area contributed by atoms with Crippen LogP contribution in [0.2, 0.25) is 5.02 Å². The van der Waals surface area contributed by atoms with Gasteiger partial charge in [0.1, 0.15) is 0 Å². The Morgan fingerprint density at radius 3 is 2.84 bits per heavy atom. The van der Waals surface area contributed by atoms with E-state index < -0.39 is 0 Å². The molecule has 0 amide bonds. The Kier molecular flexibility index (Phi) is 8.05. The second kappa shape index (κ2) is 9.31. The van der Waals surface area contributed by atoms with Crippen LogP contribution in [-0.2, 0) is 16.0 Å². The molecule has 0 bridgehead atoms. The van der Waals surface area contributed by atoms with E-state index >= 15 is 0 Å². The highest BCUT2D eigenvalue weighted by Gasteiger charge is 2.19. The Balaban J connectivity index is 2.77. The molecule has 1 aromatic rings. The third-order valence-corrected chi connectivity index (χ3v) is 3.05. The SMILES string of the molecule is CCCOCC(NCC)c1c(Cl)cnn1CCOC. The minimum Gasteiger partial charge on any atom is -0.383 e. The summed E-state index contributed by atoms with van der Waals surface area (Å²) in [4.78, 5) is 0. The zero-order valence-corrected chi connectivity index (χ0v) is 12.7. The fraction of sp³-hybridized carbons (Fsp3) is 0.769. The first kappa shape index (κ1) is 16.4. The lowest BCUT2D eigenvalue weighted by atomic mass is 10.2. The van der Waals surface area contributed by atoms with E-state index in [-0.39, 0.29) is 6.04 Å². The molecule has 19 heavy (non-hydrogen) atoms. The smallest absolute Gasteiger partial charge is 0.0835 e. The van der Waals surface area contributed by atoms with Crippen molar-refractivity contribution in [1.82, 2.24) is 15.1 Å². The largest absolute Gasteiger partial charge is 0.383 e.